The van der Waals surface area contributed by atoms with Gasteiger partial charge in [-0.15, -0.1) is 0 Å². The Morgan fingerprint density at radius 1 is 1.40 bits per heavy atom. The van der Waals surface area contributed by atoms with Crippen LogP contribution >= 0.6 is 15.9 Å². The number of fused-ring (bicyclic) bond motifs is 2. The maximum Gasteiger partial charge on any atom is 0.224 e. The van der Waals surface area contributed by atoms with Crippen LogP contribution in [-0.4, -0.2) is 32.3 Å². The van der Waals surface area contributed by atoms with E-state index in [9.17, 15) is 4.79 Å². The first-order valence-corrected chi connectivity index (χ1v) is 9.36. The van der Waals surface area contributed by atoms with Crippen LogP contribution in [0.15, 0.2) is 33.4 Å². The molecule has 0 unspecified atom stereocenters. The molecule has 1 amide bonds. The maximum atomic E-state index is 12.8. The number of benzene rings is 1. The smallest absolute Gasteiger partial charge is 0.224 e. The number of H-pyrrole nitrogens is 1. The number of aromatic amines is 1. The van der Waals surface area contributed by atoms with Gasteiger partial charge in [-0.3, -0.25) is 4.79 Å². The van der Waals surface area contributed by atoms with E-state index in [1.807, 2.05) is 23.1 Å². The second kappa shape index (κ2) is 5.69. The van der Waals surface area contributed by atoms with Crippen molar-refractivity contribution in [3.05, 3.63) is 46.3 Å². The highest BCUT2D eigenvalue weighted by atomic mass is 79.9. The second-order valence-electron chi connectivity index (χ2n) is 6.82. The van der Waals surface area contributed by atoms with Crippen molar-refractivity contribution in [2.24, 2.45) is 5.92 Å². The number of rotatable bonds is 3. The van der Waals surface area contributed by atoms with Gasteiger partial charge in [0.2, 0.25) is 11.8 Å². The summed E-state index contributed by atoms with van der Waals surface area (Å²) in [6.45, 7) is 0.661. The first-order valence-electron chi connectivity index (χ1n) is 8.56. The summed E-state index contributed by atoms with van der Waals surface area (Å²) < 4.78 is 6.97. The van der Waals surface area contributed by atoms with Crippen LogP contribution in [0.4, 0.5) is 0 Å². The molecule has 1 fully saturated rings. The van der Waals surface area contributed by atoms with E-state index in [1.54, 1.807) is 6.33 Å². The fraction of sp³-hybridized carbons (Fsp3) is 0.389. The predicted molar refractivity (Wildman–Crippen MR) is 94.9 cm³/mol. The standard InChI is InChI=1S/C18H17BrN4O2/c19-11-3-4-12-14(8-11)25-18(22-12)17-16-13(20-9-21-16)5-6-23(17)15(24)7-10-1-2-10/h3-4,8-10,17H,1-2,5-7H2,(H,20,21)/t17-/m0/s1. The summed E-state index contributed by atoms with van der Waals surface area (Å²) in [5.41, 5.74) is 3.40. The summed E-state index contributed by atoms with van der Waals surface area (Å²) in [6.07, 6.45) is 5.41. The van der Waals surface area contributed by atoms with Gasteiger partial charge in [0.15, 0.2) is 11.6 Å². The van der Waals surface area contributed by atoms with E-state index in [0.29, 0.717) is 30.4 Å². The summed E-state index contributed by atoms with van der Waals surface area (Å²) in [5.74, 6) is 1.25. The van der Waals surface area contributed by atoms with Crippen molar-refractivity contribution in [1.82, 2.24) is 19.9 Å². The number of nitrogens with zero attached hydrogens (tertiary/aromatic N) is 3. The first kappa shape index (κ1) is 15.1. The number of carbonyl (C=O) groups excluding carboxylic acids is 1. The molecule has 3 aromatic rings. The highest BCUT2D eigenvalue weighted by molar-refractivity contribution is 9.10. The van der Waals surface area contributed by atoms with Crippen molar-refractivity contribution in [3.63, 3.8) is 0 Å². The highest BCUT2D eigenvalue weighted by Gasteiger charge is 2.38. The van der Waals surface area contributed by atoms with E-state index >= 15 is 0 Å². The lowest BCUT2D eigenvalue weighted by Crippen LogP contribution is -2.41. The van der Waals surface area contributed by atoms with E-state index in [4.69, 9.17) is 4.42 Å². The fourth-order valence-corrected chi connectivity index (χ4v) is 3.85. The average molecular weight is 401 g/mol. The molecule has 25 heavy (non-hydrogen) atoms. The van der Waals surface area contributed by atoms with Crippen LogP contribution in [0, 0.1) is 5.92 Å². The Hall–Kier alpha value is -2.15. The number of amides is 1. The van der Waals surface area contributed by atoms with Crippen molar-refractivity contribution in [3.8, 4) is 0 Å². The molecule has 1 aliphatic carbocycles. The van der Waals surface area contributed by atoms with Crippen molar-refractivity contribution in [2.45, 2.75) is 31.7 Å². The summed E-state index contributed by atoms with van der Waals surface area (Å²) in [5, 5.41) is 0. The number of halogens is 1. The monoisotopic (exact) mass is 400 g/mol. The molecule has 7 heteroatoms. The molecule has 1 N–H and O–H groups in total. The van der Waals surface area contributed by atoms with Crippen molar-refractivity contribution in [2.75, 3.05) is 6.54 Å². The molecule has 0 radical (unpaired) electrons. The molecule has 0 spiro atoms. The van der Waals surface area contributed by atoms with Gasteiger partial charge < -0.3 is 14.3 Å². The molecule has 2 aliphatic rings. The summed E-state index contributed by atoms with van der Waals surface area (Å²) >= 11 is 3.46. The van der Waals surface area contributed by atoms with Crippen LogP contribution in [0.2, 0.25) is 0 Å². The van der Waals surface area contributed by atoms with E-state index in [1.165, 1.54) is 0 Å². The van der Waals surface area contributed by atoms with Crippen molar-refractivity contribution < 1.29 is 9.21 Å². The Bertz CT molecular complexity index is 959. The number of aromatic nitrogens is 3. The molecular weight excluding hydrogens is 384 g/mol. The molecule has 3 heterocycles. The third kappa shape index (κ3) is 2.66. The molecule has 128 valence electrons. The zero-order valence-corrected chi connectivity index (χ0v) is 15.1. The van der Waals surface area contributed by atoms with Crippen LogP contribution in [0.1, 0.15) is 42.6 Å². The van der Waals surface area contributed by atoms with E-state index in [2.05, 4.69) is 30.9 Å². The quantitative estimate of drug-likeness (QED) is 0.728. The fourth-order valence-electron chi connectivity index (χ4n) is 3.51. The van der Waals surface area contributed by atoms with Gasteiger partial charge in [0.05, 0.1) is 12.0 Å². The van der Waals surface area contributed by atoms with Gasteiger partial charge in [-0.1, -0.05) is 15.9 Å². The van der Waals surface area contributed by atoms with Gasteiger partial charge in [0, 0.05) is 29.6 Å². The highest BCUT2D eigenvalue weighted by Crippen LogP contribution is 2.38. The second-order valence-corrected chi connectivity index (χ2v) is 7.73. The Morgan fingerprint density at radius 2 is 2.28 bits per heavy atom. The van der Waals surface area contributed by atoms with Gasteiger partial charge in [-0.05, 0) is 37.0 Å². The van der Waals surface area contributed by atoms with Gasteiger partial charge in [-0.2, -0.15) is 0 Å². The number of nitrogens with one attached hydrogen (secondary N) is 1. The molecule has 1 aromatic carbocycles. The SMILES string of the molecule is O=C(CC1CC1)N1CCc2[nH]cnc2[C@H]1c1nc2ccc(Br)cc2o1. The minimum atomic E-state index is -0.354. The number of oxazole rings is 1. The number of hydrogen-bond acceptors (Lipinski definition) is 4. The Labute approximate surface area is 152 Å². The molecule has 2 aromatic heterocycles. The zero-order valence-electron chi connectivity index (χ0n) is 13.5. The van der Waals surface area contributed by atoms with Crippen LogP contribution in [0.25, 0.3) is 11.1 Å². The van der Waals surface area contributed by atoms with Gasteiger partial charge >= 0.3 is 0 Å². The normalized spacial score (nSPS) is 20.0. The molecule has 1 saturated carbocycles. The lowest BCUT2D eigenvalue weighted by atomic mass is 10.0. The Balaban J connectivity index is 1.58. The Morgan fingerprint density at radius 3 is 3.12 bits per heavy atom. The lowest BCUT2D eigenvalue weighted by Gasteiger charge is -2.33. The molecule has 6 nitrogen and oxygen atoms in total. The van der Waals surface area contributed by atoms with E-state index < -0.39 is 0 Å². The molecule has 0 bridgehead atoms. The zero-order chi connectivity index (χ0) is 17.0. The summed E-state index contributed by atoms with van der Waals surface area (Å²) in [6, 6.07) is 5.39. The third-order valence-corrected chi connectivity index (χ3v) is 5.50. The van der Waals surface area contributed by atoms with Gasteiger partial charge in [-0.25, -0.2) is 9.97 Å². The lowest BCUT2D eigenvalue weighted by molar-refractivity contribution is -0.134. The number of hydrogen-bond donors (Lipinski definition) is 1. The van der Waals surface area contributed by atoms with Crippen molar-refractivity contribution in [1.29, 1.82) is 0 Å². The van der Waals surface area contributed by atoms with Gasteiger partial charge in [0.1, 0.15) is 5.52 Å². The molecule has 0 saturated heterocycles. The van der Waals surface area contributed by atoms with Crippen molar-refractivity contribution >= 4 is 32.9 Å². The van der Waals surface area contributed by atoms with E-state index in [0.717, 1.165) is 40.6 Å². The molecule has 5 rings (SSSR count). The van der Waals surface area contributed by atoms with Crippen LogP contribution < -0.4 is 0 Å². The number of carbonyl (C=O) groups is 1. The molecular formula is C18H17BrN4O2. The van der Waals surface area contributed by atoms with Crippen LogP contribution in [0.3, 0.4) is 0 Å². The minimum absolute atomic E-state index is 0.171. The third-order valence-electron chi connectivity index (χ3n) is 5.01. The number of imidazole rings is 1. The van der Waals surface area contributed by atoms with Crippen LogP contribution in [-0.2, 0) is 11.2 Å². The Kier molecular flexibility index (Phi) is 3.45. The minimum Gasteiger partial charge on any atom is -0.438 e. The molecule has 1 aliphatic heterocycles. The van der Waals surface area contributed by atoms with Gasteiger partial charge in [0.25, 0.3) is 0 Å². The predicted octanol–water partition coefficient (Wildman–Crippen LogP) is 3.59. The summed E-state index contributed by atoms with van der Waals surface area (Å²) in [4.78, 5) is 27.0. The maximum absolute atomic E-state index is 12.8. The van der Waals surface area contributed by atoms with E-state index in [-0.39, 0.29) is 11.9 Å². The summed E-state index contributed by atoms with van der Waals surface area (Å²) in [7, 11) is 0. The molecule has 1 atom stereocenters. The average Bonchev–Trinajstić information content (AvgIpc) is 3.12. The largest absolute Gasteiger partial charge is 0.438 e. The first-order chi connectivity index (χ1) is 12.2. The topological polar surface area (TPSA) is 75.0 Å². The van der Waals surface area contributed by atoms with Crippen LogP contribution in [0.5, 0.6) is 0 Å².